The van der Waals surface area contributed by atoms with Crippen molar-refractivity contribution in [3.05, 3.63) is 53.7 Å². The quantitative estimate of drug-likeness (QED) is 0.299. The van der Waals surface area contributed by atoms with E-state index in [4.69, 9.17) is 21.4 Å². The highest BCUT2D eigenvalue weighted by molar-refractivity contribution is 7.28. The van der Waals surface area contributed by atoms with Gasteiger partial charge in [0.25, 0.3) is 0 Å². The fourth-order valence-corrected chi connectivity index (χ4v) is 5.33. The van der Waals surface area contributed by atoms with Crippen molar-refractivity contribution in [3.63, 3.8) is 0 Å². The fourth-order valence-electron chi connectivity index (χ4n) is 4.88. The lowest BCUT2D eigenvalue weighted by Gasteiger charge is -2.24. The number of anilines is 1. The average molecular weight is 482 g/mol. The highest BCUT2D eigenvalue weighted by Crippen LogP contribution is 2.34. The first kappa shape index (κ1) is 23.2. The maximum absolute atomic E-state index is 14.6. The monoisotopic (exact) mass is 481 g/mol. The number of benzene rings is 2. The van der Waals surface area contributed by atoms with Crippen LogP contribution in [0.5, 0.6) is 0 Å². The second-order valence-corrected chi connectivity index (χ2v) is 9.39. The van der Waals surface area contributed by atoms with Gasteiger partial charge in [0.15, 0.2) is 0 Å². The van der Waals surface area contributed by atoms with E-state index in [-0.39, 0.29) is 11.5 Å². The van der Waals surface area contributed by atoms with E-state index in [1.165, 1.54) is 6.07 Å². The number of halogens is 1. The first-order chi connectivity index (χ1) is 17.0. The molecule has 0 aliphatic carbocycles. The Morgan fingerprint density at radius 2 is 2.06 bits per heavy atom. The fraction of sp³-hybridized carbons (Fsp3) is 0.286. The van der Waals surface area contributed by atoms with Gasteiger partial charge >= 0.3 is 0 Å². The standard InChI is InChI=1S/C28H25FN5P/c1-3-19-22(29)11-10-18-8-5-9-20(24(18)19)25-27(35)26-21(16-31-25)28(33-23(4-2)32-26)34-13-6-7-17(15-30)12-14-34/h1,5,8-11,16-17H,4,6-7,12-14,35H2,2H3. The number of terminal acetylenes is 1. The molecule has 5 nitrogen and oxygen atoms in total. The molecule has 4 aromatic rings. The van der Waals surface area contributed by atoms with E-state index >= 15 is 0 Å². The highest BCUT2D eigenvalue weighted by atomic mass is 31.0. The van der Waals surface area contributed by atoms with Crippen LogP contribution in [0.2, 0.25) is 0 Å². The van der Waals surface area contributed by atoms with E-state index in [9.17, 15) is 9.65 Å². The maximum atomic E-state index is 14.6. The molecule has 0 radical (unpaired) electrons. The number of nitrogens with zero attached hydrogens (tertiary/aromatic N) is 5. The van der Waals surface area contributed by atoms with Gasteiger partial charge in [0.1, 0.15) is 17.5 Å². The number of aryl methyl sites for hydroxylation is 1. The predicted octanol–water partition coefficient (Wildman–Crippen LogP) is 5.16. The van der Waals surface area contributed by atoms with Gasteiger partial charge in [-0.25, -0.2) is 14.4 Å². The number of aromatic nitrogens is 3. The molecule has 2 atom stereocenters. The van der Waals surface area contributed by atoms with E-state index in [1.807, 2.05) is 31.3 Å². The van der Waals surface area contributed by atoms with Gasteiger partial charge < -0.3 is 4.90 Å². The highest BCUT2D eigenvalue weighted by Gasteiger charge is 2.23. The van der Waals surface area contributed by atoms with Crippen LogP contribution in [0.4, 0.5) is 10.2 Å². The van der Waals surface area contributed by atoms with E-state index in [2.05, 4.69) is 26.1 Å². The maximum Gasteiger partial charge on any atom is 0.141 e. The molecule has 2 unspecified atom stereocenters. The Labute approximate surface area is 206 Å². The first-order valence-electron chi connectivity index (χ1n) is 11.8. The third kappa shape index (κ3) is 4.09. The Morgan fingerprint density at radius 3 is 2.83 bits per heavy atom. The molecule has 7 heteroatoms. The number of pyridine rings is 1. The van der Waals surface area contributed by atoms with E-state index in [1.54, 1.807) is 6.07 Å². The van der Waals surface area contributed by atoms with Gasteiger partial charge in [-0.2, -0.15) is 5.26 Å². The van der Waals surface area contributed by atoms with Gasteiger partial charge in [-0.3, -0.25) is 4.98 Å². The molecule has 35 heavy (non-hydrogen) atoms. The zero-order valence-corrected chi connectivity index (χ0v) is 20.7. The first-order valence-corrected chi connectivity index (χ1v) is 12.4. The molecule has 174 valence electrons. The SMILES string of the molecule is C#Cc1c(F)ccc2cccc(-c3ncc4c(N5CCCC(C#N)CC5)nc(CC)nc4c3P)c12. The minimum absolute atomic E-state index is 0.0814. The van der Waals surface area contributed by atoms with Gasteiger partial charge in [0, 0.05) is 47.9 Å². The smallest absolute Gasteiger partial charge is 0.141 e. The number of fused-ring (bicyclic) bond motifs is 2. The summed E-state index contributed by atoms with van der Waals surface area (Å²) in [5.74, 6) is 3.80. The second-order valence-electron chi connectivity index (χ2n) is 8.81. The summed E-state index contributed by atoms with van der Waals surface area (Å²) in [6, 6.07) is 11.3. The van der Waals surface area contributed by atoms with Crippen LogP contribution in [0, 0.1) is 35.4 Å². The normalized spacial score (nSPS) is 16.1. The summed E-state index contributed by atoms with van der Waals surface area (Å²) in [6.45, 7) is 3.65. The van der Waals surface area contributed by atoms with Crippen molar-refractivity contribution in [2.45, 2.75) is 32.6 Å². The molecule has 0 bridgehead atoms. The average Bonchev–Trinajstić information content (AvgIpc) is 3.14. The lowest BCUT2D eigenvalue weighted by Crippen LogP contribution is -2.26. The van der Waals surface area contributed by atoms with Crippen LogP contribution in [0.3, 0.4) is 0 Å². The minimum atomic E-state index is -0.423. The van der Waals surface area contributed by atoms with Crippen molar-refractivity contribution < 1.29 is 4.39 Å². The largest absolute Gasteiger partial charge is 0.356 e. The van der Waals surface area contributed by atoms with Crippen LogP contribution in [0.15, 0.2) is 36.5 Å². The van der Waals surface area contributed by atoms with E-state index in [0.29, 0.717) is 17.5 Å². The third-order valence-electron chi connectivity index (χ3n) is 6.73. The van der Waals surface area contributed by atoms with E-state index in [0.717, 1.165) is 71.2 Å². The molecule has 1 aliphatic rings. The molecule has 0 saturated carbocycles. The summed E-state index contributed by atoms with van der Waals surface area (Å²) < 4.78 is 14.6. The molecule has 2 aromatic carbocycles. The molecule has 3 heterocycles. The predicted molar refractivity (Wildman–Crippen MR) is 142 cm³/mol. The van der Waals surface area contributed by atoms with Crippen LogP contribution in [-0.4, -0.2) is 28.0 Å². The molecule has 5 rings (SSSR count). The van der Waals surface area contributed by atoms with Crippen molar-refractivity contribution in [3.8, 4) is 29.7 Å². The molecular weight excluding hydrogens is 456 g/mol. The summed E-state index contributed by atoms with van der Waals surface area (Å²) in [7, 11) is 2.79. The molecule has 1 saturated heterocycles. The zero-order valence-electron chi connectivity index (χ0n) is 19.6. The molecule has 1 aliphatic heterocycles. The molecule has 0 spiro atoms. The summed E-state index contributed by atoms with van der Waals surface area (Å²) in [4.78, 5) is 16.8. The van der Waals surface area contributed by atoms with Crippen LogP contribution in [-0.2, 0) is 6.42 Å². The molecular formula is C28H25FN5P. The van der Waals surface area contributed by atoms with Crippen molar-refractivity contribution in [2.75, 3.05) is 18.0 Å². The molecule has 0 N–H and O–H groups in total. The van der Waals surface area contributed by atoms with Crippen LogP contribution >= 0.6 is 9.24 Å². The number of nitriles is 1. The molecule has 2 aromatic heterocycles. The Balaban J connectivity index is 1.72. The topological polar surface area (TPSA) is 65.7 Å². The lowest BCUT2D eigenvalue weighted by atomic mass is 9.96. The number of rotatable bonds is 3. The lowest BCUT2D eigenvalue weighted by molar-refractivity contribution is 0.590. The van der Waals surface area contributed by atoms with Crippen molar-refractivity contribution in [2.24, 2.45) is 5.92 Å². The Kier molecular flexibility index (Phi) is 6.33. The summed E-state index contributed by atoms with van der Waals surface area (Å²) in [5, 5.41) is 12.6. The molecule has 1 fully saturated rings. The van der Waals surface area contributed by atoms with Gasteiger partial charge in [-0.05, 0) is 30.7 Å². The van der Waals surface area contributed by atoms with Gasteiger partial charge in [0.05, 0.1) is 28.2 Å². The summed E-state index contributed by atoms with van der Waals surface area (Å²) in [5.41, 5.74) is 2.51. The second kappa shape index (κ2) is 9.57. The summed E-state index contributed by atoms with van der Waals surface area (Å²) >= 11 is 0. The zero-order chi connectivity index (χ0) is 24.5. The van der Waals surface area contributed by atoms with Crippen molar-refractivity contribution >= 4 is 42.0 Å². The molecule has 0 amide bonds. The van der Waals surface area contributed by atoms with Crippen LogP contribution in [0.1, 0.15) is 37.6 Å². The Morgan fingerprint density at radius 1 is 1.20 bits per heavy atom. The van der Waals surface area contributed by atoms with Crippen LogP contribution in [0.25, 0.3) is 32.9 Å². The van der Waals surface area contributed by atoms with Gasteiger partial charge in [0.2, 0.25) is 0 Å². The van der Waals surface area contributed by atoms with Crippen molar-refractivity contribution in [1.82, 2.24) is 15.0 Å². The minimum Gasteiger partial charge on any atom is -0.356 e. The summed E-state index contributed by atoms with van der Waals surface area (Å²) in [6.07, 6.45) is 10.9. The van der Waals surface area contributed by atoms with Gasteiger partial charge in [-0.1, -0.05) is 37.1 Å². The Hall–Kier alpha value is -3.60. The third-order valence-corrected chi connectivity index (χ3v) is 7.27. The number of hydrogen-bond acceptors (Lipinski definition) is 5. The van der Waals surface area contributed by atoms with Crippen LogP contribution < -0.4 is 10.2 Å². The van der Waals surface area contributed by atoms with Gasteiger partial charge in [-0.15, -0.1) is 15.7 Å². The van der Waals surface area contributed by atoms with Crippen molar-refractivity contribution in [1.29, 1.82) is 5.26 Å². The number of hydrogen-bond donors (Lipinski definition) is 0. The van der Waals surface area contributed by atoms with E-state index < -0.39 is 5.82 Å². The Bertz CT molecular complexity index is 1540.